The first-order chi connectivity index (χ1) is 11.4. The summed E-state index contributed by atoms with van der Waals surface area (Å²) in [4.78, 5) is 18.7. The first kappa shape index (κ1) is 17.0. The zero-order valence-corrected chi connectivity index (χ0v) is 15.3. The van der Waals surface area contributed by atoms with Crippen molar-refractivity contribution in [3.8, 4) is 5.19 Å². The summed E-state index contributed by atoms with van der Waals surface area (Å²) in [5.74, 6) is 0. The molecule has 1 saturated heterocycles. The summed E-state index contributed by atoms with van der Waals surface area (Å²) in [7, 11) is 0. The van der Waals surface area contributed by atoms with E-state index < -0.39 is 5.60 Å². The van der Waals surface area contributed by atoms with Crippen LogP contribution in [0.4, 0.5) is 4.79 Å². The number of likely N-dealkylation sites (tertiary alicyclic amines) is 1. The molecule has 1 aliphatic rings. The SMILES string of the molecule is CC(C)(C)OC(=O)N1CCCC[C@H]1COc1nc2ccccc2s1. The molecule has 0 saturated carbocycles. The minimum Gasteiger partial charge on any atom is -0.468 e. The van der Waals surface area contributed by atoms with Crippen molar-refractivity contribution in [2.24, 2.45) is 0 Å². The zero-order valence-electron chi connectivity index (χ0n) is 14.4. The zero-order chi connectivity index (χ0) is 17.2. The molecule has 1 aromatic carbocycles. The van der Waals surface area contributed by atoms with Crippen LogP contribution in [0.3, 0.4) is 0 Å². The van der Waals surface area contributed by atoms with Crippen LogP contribution >= 0.6 is 11.3 Å². The van der Waals surface area contributed by atoms with Crippen molar-refractivity contribution < 1.29 is 14.3 Å². The third-order valence-electron chi connectivity index (χ3n) is 3.93. The van der Waals surface area contributed by atoms with Crippen molar-refractivity contribution in [2.45, 2.75) is 51.7 Å². The predicted octanol–water partition coefficient (Wildman–Crippen LogP) is 4.46. The molecule has 1 aromatic heterocycles. The van der Waals surface area contributed by atoms with Gasteiger partial charge in [0.25, 0.3) is 5.19 Å². The number of para-hydroxylation sites is 1. The van der Waals surface area contributed by atoms with Crippen molar-refractivity contribution >= 4 is 27.6 Å². The van der Waals surface area contributed by atoms with Crippen molar-refractivity contribution in [3.05, 3.63) is 24.3 Å². The van der Waals surface area contributed by atoms with Crippen molar-refractivity contribution in [1.82, 2.24) is 9.88 Å². The highest BCUT2D eigenvalue weighted by molar-refractivity contribution is 7.20. The van der Waals surface area contributed by atoms with Gasteiger partial charge in [0, 0.05) is 6.54 Å². The van der Waals surface area contributed by atoms with E-state index >= 15 is 0 Å². The van der Waals surface area contributed by atoms with Gasteiger partial charge in [-0.2, -0.15) is 0 Å². The number of rotatable bonds is 3. The molecule has 0 unspecified atom stereocenters. The second-order valence-corrected chi connectivity index (χ2v) is 8.08. The second kappa shape index (κ2) is 6.97. The average Bonchev–Trinajstić information content (AvgIpc) is 2.94. The summed E-state index contributed by atoms with van der Waals surface area (Å²) in [6.07, 6.45) is 2.80. The quantitative estimate of drug-likeness (QED) is 0.821. The van der Waals surface area contributed by atoms with Gasteiger partial charge < -0.3 is 14.4 Å². The molecular formula is C18H24N2O3S. The van der Waals surface area contributed by atoms with Crippen LogP contribution in [0.5, 0.6) is 5.19 Å². The molecule has 5 nitrogen and oxygen atoms in total. The number of nitrogens with zero attached hydrogens (tertiary/aromatic N) is 2. The maximum absolute atomic E-state index is 12.4. The fourth-order valence-electron chi connectivity index (χ4n) is 2.82. The van der Waals surface area contributed by atoms with E-state index in [2.05, 4.69) is 4.98 Å². The normalized spacial score (nSPS) is 18.6. The summed E-state index contributed by atoms with van der Waals surface area (Å²) in [6, 6.07) is 8.02. The lowest BCUT2D eigenvalue weighted by molar-refractivity contribution is 0.00360. The molecule has 0 aliphatic carbocycles. The van der Waals surface area contributed by atoms with Crippen LogP contribution in [0, 0.1) is 0 Å². The van der Waals surface area contributed by atoms with E-state index in [1.54, 1.807) is 0 Å². The second-order valence-electron chi connectivity index (χ2n) is 7.08. The summed E-state index contributed by atoms with van der Waals surface area (Å²) in [6.45, 7) is 6.85. The Labute approximate surface area is 146 Å². The molecule has 3 rings (SSSR count). The standard InChI is InChI=1S/C18H24N2O3S/c1-18(2,3)23-17(21)20-11-7-6-8-13(20)12-22-16-19-14-9-4-5-10-15(14)24-16/h4-5,9-10,13H,6-8,11-12H2,1-3H3/t13-/m0/s1. The lowest BCUT2D eigenvalue weighted by Crippen LogP contribution is -2.48. The number of benzene rings is 1. The van der Waals surface area contributed by atoms with Gasteiger partial charge >= 0.3 is 6.09 Å². The Hall–Kier alpha value is -1.82. The largest absolute Gasteiger partial charge is 0.468 e. The number of amides is 1. The number of hydrogen-bond donors (Lipinski definition) is 0. The van der Waals surface area contributed by atoms with Crippen molar-refractivity contribution in [1.29, 1.82) is 0 Å². The molecule has 1 aliphatic heterocycles. The molecule has 0 bridgehead atoms. The fraction of sp³-hybridized carbons (Fsp3) is 0.556. The van der Waals surface area contributed by atoms with Crippen LogP contribution in [0.25, 0.3) is 10.2 Å². The first-order valence-electron chi connectivity index (χ1n) is 8.40. The highest BCUT2D eigenvalue weighted by Gasteiger charge is 2.31. The highest BCUT2D eigenvalue weighted by atomic mass is 32.1. The number of carbonyl (C=O) groups is 1. The van der Waals surface area contributed by atoms with E-state index in [1.807, 2.05) is 49.9 Å². The number of ether oxygens (including phenoxy) is 2. The number of thiazole rings is 1. The first-order valence-corrected chi connectivity index (χ1v) is 9.22. The molecule has 1 amide bonds. The van der Waals surface area contributed by atoms with Crippen LogP contribution in [-0.4, -0.2) is 40.8 Å². The monoisotopic (exact) mass is 348 g/mol. The molecule has 1 atom stereocenters. The molecule has 0 radical (unpaired) electrons. The molecular weight excluding hydrogens is 324 g/mol. The Bertz CT molecular complexity index is 675. The van der Waals surface area contributed by atoms with Gasteiger partial charge in [0.1, 0.15) is 12.2 Å². The molecule has 6 heteroatoms. The molecule has 2 heterocycles. The van der Waals surface area contributed by atoms with Crippen LogP contribution in [-0.2, 0) is 4.74 Å². The third-order valence-corrected chi connectivity index (χ3v) is 4.88. The maximum Gasteiger partial charge on any atom is 0.410 e. The molecule has 1 fully saturated rings. The number of piperidine rings is 1. The van der Waals surface area contributed by atoms with E-state index in [-0.39, 0.29) is 12.1 Å². The highest BCUT2D eigenvalue weighted by Crippen LogP contribution is 2.28. The van der Waals surface area contributed by atoms with E-state index in [9.17, 15) is 4.79 Å². The number of fused-ring (bicyclic) bond motifs is 1. The van der Waals surface area contributed by atoms with Gasteiger partial charge in [-0.3, -0.25) is 0 Å². The minimum absolute atomic E-state index is 0.0422. The Kier molecular flexibility index (Phi) is 4.94. The van der Waals surface area contributed by atoms with Gasteiger partial charge in [-0.1, -0.05) is 23.5 Å². The molecule has 0 N–H and O–H groups in total. The topological polar surface area (TPSA) is 51.7 Å². The van der Waals surface area contributed by atoms with E-state index in [0.717, 1.165) is 36.0 Å². The van der Waals surface area contributed by atoms with Crippen LogP contribution in [0.15, 0.2) is 24.3 Å². The Morgan fingerprint density at radius 1 is 1.33 bits per heavy atom. The van der Waals surface area contributed by atoms with Crippen molar-refractivity contribution in [2.75, 3.05) is 13.2 Å². The Morgan fingerprint density at radius 2 is 2.12 bits per heavy atom. The number of aromatic nitrogens is 1. The number of carbonyl (C=O) groups excluding carboxylic acids is 1. The average molecular weight is 348 g/mol. The molecule has 24 heavy (non-hydrogen) atoms. The fourth-order valence-corrected chi connectivity index (χ4v) is 3.64. The molecule has 2 aromatic rings. The maximum atomic E-state index is 12.4. The van der Waals surface area contributed by atoms with Gasteiger partial charge in [0.05, 0.1) is 16.3 Å². The molecule has 0 spiro atoms. The van der Waals surface area contributed by atoms with Crippen LogP contribution in [0.1, 0.15) is 40.0 Å². The van der Waals surface area contributed by atoms with Gasteiger partial charge in [0.2, 0.25) is 0 Å². The lowest BCUT2D eigenvalue weighted by atomic mass is 10.0. The minimum atomic E-state index is -0.479. The van der Waals surface area contributed by atoms with E-state index in [0.29, 0.717) is 11.8 Å². The van der Waals surface area contributed by atoms with Gasteiger partial charge in [0.15, 0.2) is 0 Å². The Balaban J connectivity index is 1.64. The summed E-state index contributed by atoms with van der Waals surface area (Å²) in [5, 5.41) is 0.658. The third kappa shape index (κ3) is 4.17. The summed E-state index contributed by atoms with van der Waals surface area (Å²) in [5.41, 5.74) is 0.470. The summed E-state index contributed by atoms with van der Waals surface area (Å²) >= 11 is 1.54. The predicted molar refractivity (Wildman–Crippen MR) is 95.7 cm³/mol. The number of hydrogen-bond acceptors (Lipinski definition) is 5. The Morgan fingerprint density at radius 3 is 2.88 bits per heavy atom. The van der Waals surface area contributed by atoms with Gasteiger partial charge in [-0.15, -0.1) is 0 Å². The summed E-state index contributed by atoms with van der Waals surface area (Å²) < 4.78 is 12.5. The van der Waals surface area contributed by atoms with Crippen molar-refractivity contribution in [3.63, 3.8) is 0 Å². The van der Waals surface area contributed by atoms with Crippen LogP contribution < -0.4 is 4.74 Å². The molecule has 130 valence electrons. The van der Waals surface area contributed by atoms with Gasteiger partial charge in [-0.05, 0) is 52.2 Å². The van der Waals surface area contributed by atoms with E-state index in [1.165, 1.54) is 11.3 Å². The van der Waals surface area contributed by atoms with E-state index in [4.69, 9.17) is 9.47 Å². The lowest BCUT2D eigenvalue weighted by Gasteiger charge is -2.36. The smallest absolute Gasteiger partial charge is 0.410 e. The van der Waals surface area contributed by atoms with Gasteiger partial charge in [-0.25, -0.2) is 9.78 Å². The van der Waals surface area contributed by atoms with Crippen LogP contribution in [0.2, 0.25) is 0 Å².